The predicted molar refractivity (Wildman–Crippen MR) is 102 cm³/mol. The molecule has 1 amide bonds. The first-order valence-electron chi connectivity index (χ1n) is 9.10. The number of aryl methyl sites for hydroxylation is 1. The second kappa shape index (κ2) is 6.87. The van der Waals surface area contributed by atoms with Gasteiger partial charge in [0.2, 0.25) is 0 Å². The third-order valence-electron chi connectivity index (χ3n) is 5.36. The maximum absolute atomic E-state index is 12.7. The minimum Gasteiger partial charge on any atom is -0.477 e. The van der Waals surface area contributed by atoms with E-state index in [-0.39, 0.29) is 11.6 Å². The van der Waals surface area contributed by atoms with E-state index >= 15 is 0 Å². The summed E-state index contributed by atoms with van der Waals surface area (Å²) in [5.41, 5.74) is 3.98. The normalized spacial score (nSPS) is 15.2. The second-order valence-electron chi connectivity index (χ2n) is 7.01. The van der Waals surface area contributed by atoms with Crippen molar-refractivity contribution in [1.82, 2.24) is 14.9 Å². The smallest absolute Gasteiger partial charge is 0.354 e. The number of likely N-dealkylation sites (tertiary alicyclic amines) is 1. The molecule has 0 bridgehead atoms. The highest BCUT2D eigenvalue weighted by molar-refractivity contribution is 5.96. The molecule has 1 fully saturated rings. The van der Waals surface area contributed by atoms with Crippen LogP contribution in [-0.4, -0.2) is 44.9 Å². The first-order valence-corrected chi connectivity index (χ1v) is 9.10. The average molecular weight is 363 g/mol. The van der Waals surface area contributed by atoms with Gasteiger partial charge in [-0.15, -0.1) is 0 Å². The van der Waals surface area contributed by atoms with Gasteiger partial charge in [0.05, 0.1) is 0 Å². The molecule has 1 aromatic carbocycles. The summed E-state index contributed by atoms with van der Waals surface area (Å²) in [7, 11) is 0. The Labute approximate surface area is 156 Å². The Morgan fingerprint density at radius 1 is 1.19 bits per heavy atom. The zero-order valence-electron chi connectivity index (χ0n) is 15.1. The van der Waals surface area contributed by atoms with Crippen molar-refractivity contribution in [1.29, 1.82) is 0 Å². The molecule has 3 aromatic rings. The molecule has 27 heavy (non-hydrogen) atoms. The Kier molecular flexibility index (Phi) is 4.39. The van der Waals surface area contributed by atoms with Crippen molar-refractivity contribution >= 4 is 22.8 Å². The summed E-state index contributed by atoms with van der Waals surface area (Å²) < 4.78 is 0. The van der Waals surface area contributed by atoms with E-state index in [1.165, 1.54) is 28.9 Å². The van der Waals surface area contributed by atoms with Gasteiger partial charge in [-0.2, -0.15) is 0 Å². The molecule has 1 aliphatic heterocycles. The van der Waals surface area contributed by atoms with Crippen LogP contribution in [0, 0.1) is 6.92 Å². The number of carbonyl (C=O) groups excluding carboxylic acids is 1. The van der Waals surface area contributed by atoms with Crippen LogP contribution in [0.1, 0.15) is 50.9 Å². The SMILES string of the molecule is Cc1[nH]c2ccccc2c1C1CCN(C(=O)c2ccnc(C(=O)O)c2)CC1. The predicted octanol–water partition coefficient (Wildman–Crippen LogP) is 3.59. The number of hydrogen-bond acceptors (Lipinski definition) is 3. The highest BCUT2D eigenvalue weighted by Crippen LogP contribution is 2.35. The monoisotopic (exact) mass is 363 g/mol. The number of carboxylic acids is 1. The lowest BCUT2D eigenvalue weighted by molar-refractivity contribution is 0.0690. The first kappa shape index (κ1) is 17.3. The highest BCUT2D eigenvalue weighted by Gasteiger charge is 2.27. The van der Waals surface area contributed by atoms with Crippen molar-refractivity contribution in [2.75, 3.05) is 13.1 Å². The fourth-order valence-electron chi connectivity index (χ4n) is 4.06. The summed E-state index contributed by atoms with van der Waals surface area (Å²) in [6.45, 7) is 3.43. The lowest BCUT2D eigenvalue weighted by Gasteiger charge is -2.32. The van der Waals surface area contributed by atoms with Crippen LogP contribution < -0.4 is 0 Å². The fourth-order valence-corrected chi connectivity index (χ4v) is 4.06. The lowest BCUT2D eigenvalue weighted by Crippen LogP contribution is -2.38. The number of aromatic amines is 1. The summed E-state index contributed by atoms with van der Waals surface area (Å²) >= 11 is 0. The van der Waals surface area contributed by atoms with Crippen molar-refractivity contribution in [2.45, 2.75) is 25.7 Å². The van der Waals surface area contributed by atoms with Gasteiger partial charge in [0.25, 0.3) is 5.91 Å². The number of fused-ring (bicyclic) bond motifs is 1. The maximum atomic E-state index is 12.7. The maximum Gasteiger partial charge on any atom is 0.354 e. The summed E-state index contributed by atoms with van der Waals surface area (Å²) in [5, 5.41) is 10.3. The van der Waals surface area contributed by atoms with E-state index in [0.717, 1.165) is 18.4 Å². The number of carbonyl (C=O) groups is 2. The summed E-state index contributed by atoms with van der Waals surface area (Å²) in [5.74, 6) is -0.843. The molecule has 6 nitrogen and oxygen atoms in total. The number of aromatic nitrogens is 2. The molecule has 0 unspecified atom stereocenters. The van der Waals surface area contributed by atoms with Gasteiger partial charge in [-0.25, -0.2) is 9.78 Å². The Balaban J connectivity index is 1.50. The number of nitrogens with zero attached hydrogens (tertiary/aromatic N) is 2. The van der Waals surface area contributed by atoms with E-state index in [9.17, 15) is 9.59 Å². The number of para-hydroxylation sites is 1. The zero-order valence-corrected chi connectivity index (χ0v) is 15.1. The van der Waals surface area contributed by atoms with E-state index in [2.05, 4.69) is 35.1 Å². The van der Waals surface area contributed by atoms with Crippen molar-refractivity contribution in [3.63, 3.8) is 0 Å². The van der Waals surface area contributed by atoms with Crippen molar-refractivity contribution in [3.05, 3.63) is 65.1 Å². The number of aromatic carboxylic acids is 1. The third kappa shape index (κ3) is 3.18. The van der Waals surface area contributed by atoms with Gasteiger partial charge >= 0.3 is 5.97 Å². The molecule has 0 atom stereocenters. The largest absolute Gasteiger partial charge is 0.477 e. The zero-order chi connectivity index (χ0) is 19.0. The Hall–Kier alpha value is -3.15. The molecular weight excluding hydrogens is 342 g/mol. The molecule has 138 valence electrons. The number of hydrogen-bond donors (Lipinski definition) is 2. The number of rotatable bonds is 3. The van der Waals surface area contributed by atoms with Crippen molar-refractivity contribution in [2.24, 2.45) is 0 Å². The van der Waals surface area contributed by atoms with Gasteiger partial charge in [-0.1, -0.05) is 18.2 Å². The molecule has 0 radical (unpaired) electrons. The fraction of sp³-hybridized carbons (Fsp3) is 0.286. The van der Waals surface area contributed by atoms with Crippen LogP contribution in [0.3, 0.4) is 0 Å². The number of carboxylic acid groups (broad SMARTS) is 1. The standard InChI is InChI=1S/C21H21N3O3/c1-13-19(16-4-2-3-5-17(16)23-13)14-7-10-24(11-8-14)20(25)15-6-9-22-18(12-15)21(26)27/h2-6,9,12,14,23H,7-8,10-11H2,1H3,(H,26,27). The number of piperidine rings is 1. The van der Waals surface area contributed by atoms with Gasteiger partial charge in [-0.05, 0) is 49.4 Å². The molecule has 0 aliphatic carbocycles. The number of pyridine rings is 1. The Bertz CT molecular complexity index is 1020. The molecule has 2 N–H and O–H groups in total. The van der Waals surface area contributed by atoms with E-state index < -0.39 is 5.97 Å². The lowest BCUT2D eigenvalue weighted by atomic mass is 9.87. The van der Waals surface area contributed by atoms with Gasteiger partial charge in [0.15, 0.2) is 0 Å². The van der Waals surface area contributed by atoms with Crippen molar-refractivity contribution in [3.8, 4) is 0 Å². The van der Waals surface area contributed by atoms with E-state index in [4.69, 9.17) is 5.11 Å². The molecule has 2 aromatic heterocycles. The first-order chi connectivity index (χ1) is 13.0. The molecule has 4 rings (SSSR count). The highest BCUT2D eigenvalue weighted by atomic mass is 16.4. The average Bonchev–Trinajstić information content (AvgIpc) is 3.03. The molecule has 0 spiro atoms. The van der Waals surface area contributed by atoms with E-state index in [1.54, 1.807) is 6.07 Å². The number of H-pyrrole nitrogens is 1. The summed E-state index contributed by atoms with van der Waals surface area (Å²) in [6, 6.07) is 11.2. The van der Waals surface area contributed by atoms with E-state index in [1.807, 2.05) is 11.0 Å². The van der Waals surface area contributed by atoms with Gasteiger partial charge < -0.3 is 15.0 Å². The van der Waals surface area contributed by atoms with Gasteiger partial charge in [0, 0.05) is 41.4 Å². The Morgan fingerprint density at radius 2 is 1.93 bits per heavy atom. The Morgan fingerprint density at radius 3 is 2.67 bits per heavy atom. The minimum atomic E-state index is -1.13. The molecule has 1 aliphatic rings. The topological polar surface area (TPSA) is 86.3 Å². The van der Waals surface area contributed by atoms with Crippen LogP contribution in [-0.2, 0) is 0 Å². The van der Waals surface area contributed by atoms with Crippen LogP contribution in [0.5, 0.6) is 0 Å². The number of benzene rings is 1. The second-order valence-corrected chi connectivity index (χ2v) is 7.01. The molecule has 0 saturated carbocycles. The van der Waals surface area contributed by atoms with Crippen LogP contribution in [0.2, 0.25) is 0 Å². The van der Waals surface area contributed by atoms with Gasteiger partial charge in [-0.3, -0.25) is 4.79 Å². The van der Waals surface area contributed by atoms with Crippen LogP contribution in [0.25, 0.3) is 10.9 Å². The van der Waals surface area contributed by atoms with Crippen LogP contribution >= 0.6 is 0 Å². The molecule has 6 heteroatoms. The molecule has 3 heterocycles. The van der Waals surface area contributed by atoms with Crippen LogP contribution in [0.15, 0.2) is 42.6 Å². The quantitative estimate of drug-likeness (QED) is 0.744. The van der Waals surface area contributed by atoms with E-state index in [0.29, 0.717) is 24.6 Å². The number of amides is 1. The molecule has 1 saturated heterocycles. The third-order valence-corrected chi connectivity index (χ3v) is 5.36. The summed E-state index contributed by atoms with van der Waals surface area (Å²) in [6.07, 6.45) is 3.16. The van der Waals surface area contributed by atoms with Crippen molar-refractivity contribution < 1.29 is 14.7 Å². The summed E-state index contributed by atoms with van der Waals surface area (Å²) in [4.78, 5) is 32.9. The minimum absolute atomic E-state index is 0.106. The molecular formula is C21H21N3O3. The van der Waals surface area contributed by atoms with Gasteiger partial charge in [0.1, 0.15) is 5.69 Å². The number of nitrogens with one attached hydrogen (secondary N) is 1. The van der Waals surface area contributed by atoms with Crippen LogP contribution in [0.4, 0.5) is 0 Å².